The molecule has 0 atom stereocenters. The Hall–Kier alpha value is -3.43. The van der Waals surface area contributed by atoms with Crippen LogP contribution in [0.1, 0.15) is 5.69 Å². The van der Waals surface area contributed by atoms with Crippen LogP contribution in [-0.2, 0) is 4.79 Å². The Kier molecular flexibility index (Phi) is 5.18. The van der Waals surface area contributed by atoms with Gasteiger partial charge in [0.25, 0.3) is 0 Å². The Bertz CT molecular complexity index is 1020. The van der Waals surface area contributed by atoms with Gasteiger partial charge >= 0.3 is 0 Å². The summed E-state index contributed by atoms with van der Waals surface area (Å²) in [7, 11) is 0. The smallest absolute Gasteiger partial charge is 0.238 e. The van der Waals surface area contributed by atoms with E-state index in [2.05, 4.69) is 26.2 Å². The second kappa shape index (κ2) is 8.07. The minimum Gasteiger partial charge on any atom is -0.368 e. The second-order valence-electron chi connectivity index (χ2n) is 6.83. The van der Waals surface area contributed by atoms with Crippen molar-refractivity contribution in [2.75, 3.05) is 42.9 Å². The van der Waals surface area contributed by atoms with E-state index in [0.717, 1.165) is 48.5 Å². The molecule has 2 heterocycles. The molecule has 140 valence electrons. The van der Waals surface area contributed by atoms with Gasteiger partial charge in [0.05, 0.1) is 12.1 Å². The number of para-hydroxylation sites is 2. The van der Waals surface area contributed by atoms with Crippen molar-refractivity contribution in [1.82, 2.24) is 9.88 Å². The predicted octanol–water partition coefficient (Wildman–Crippen LogP) is 2.87. The van der Waals surface area contributed by atoms with Crippen LogP contribution in [0.15, 0.2) is 60.7 Å². The SMILES string of the molecule is N#Cc1cc(N2CCN(CC(=O)Nc3ccccc3)CC2)c2ccccc2n1. The lowest BCUT2D eigenvalue weighted by Gasteiger charge is -2.36. The molecule has 1 aliphatic heterocycles. The Morgan fingerprint density at radius 2 is 1.75 bits per heavy atom. The first-order valence-corrected chi connectivity index (χ1v) is 9.35. The van der Waals surface area contributed by atoms with Crippen molar-refractivity contribution in [2.24, 2.45) is 0 Å². The van der Waals surface area contributed by atoms with Crippen LogP contribution >= 0.6 is 0 Å². The molecule has 28 heavy (non-hydrogen) atoms. The van der Waals surface area contributed by atoms with Crippen molar-refractivity contribution in [1.29, 1.82) is 5.26 Å². The Balaban J connectivity index is 1.41. The molecule has 1 saturated heterocycles. The molecular formula is C22H21N5O. The minimum atomic E-state index is 0.000720. The van der Waals surface area contributed by atoms with E-state index in [1.807, 2.05) is 60.7 Å². The average Bonchev–Trinajstić information content (AvgIpc) is 2.74. The van der Waals surface area contributed by atoms with Gasteiger partial charge in [-0.25, -0.2) is 4.98 Å². The molecule has 0 saturated carbocycles. The van der Waals surface area contributed by atoms with Crippen LogP contribution in [-0.4, -0.2) is 48.5 Å². The maximum atomic E-state index is 12.3. The monoisotopic (exact) mass is 371 g/mol. The molecule has 1 fully saturated rings. The van der Waals surface area contributed by atoms with Crippen molar-refractivity contribution < 1.29 is 4.79 Å². The van der Waals surface area contributed by atoms with Crippen molar-refractivity contribution >= 4 is 28.2 Å². The van der Waals surface area contributed by atoms with Gasteiger partial charge in [0.15, 0.2) is 0 Å². The maximum absolute atomic E-state index is 12.3. The first kappa shape index (κ1) is 18.0. The number of anilines is 2. The number of fused-ring (bicyclic) bond motifs is 1. The van der Waals surface area contributed by atoms with E-state index in [9.17, 15) is 10.1 Å². The number of nitriles is 1. The summed E-state index contributed by atoms with van der Waals surface area (Å²) in [6, 6.07) is 21.4. The molecule has 0 radical (unpaired) electrons. The van der Waals surface area contributed by atoms with Crippen molar-refractivity contribution in [3.8, 4) is 6.07 Å². The first-order chi connectivity index (χ1) is 13.7. The van der Waals surface area contributed by atoms with Crippen LogP contribution in [0.5, 0.6) is 0 Å². The molecule has 6 nitrogen and oxygen atoms in total. The number of aromatic nitrogens is 1. The Labute approximate surface area is 164 Å². The van der Waals surface area contributed by atoms with Gasteiger partial charge in [0, 0.05) is 42.9 Å². The molecule has 0 spiro atoms. The van der Waals surface area contributed by atoms with Crippen molar-refractivity contribution in [3.63, 3.8) is 0 Å². The van der Waals surface area contributed by atoms with Gasteiger partial charge in [0.1, 0.15) is 11.8 Å². The molecular weight excluding hydrogens is 350 g/mol. The zero-order chi connectivity index (χ0) is 19.3. The van der Waals surface area contributed by atoms with E-state index in [0.29, 0.717) is 12.2 Å². The number of nitrogens with one attached hydrogen (secondary N) is 1. The summed E-state index contributed by atoms with van der Waals surface area (Å²) in [6.07, 6.45) is 0. The van der Waals surface area contributed by atoms with E-state index in [-0.39, 0.29) is 5.91 Å². The highest BCUT2D eigenvalue weighted by Crippen LogP contribution is 2.27. The Morgan fingerprint density at radius 1 is 1.04 bits per heavy atom. The third-order valence-corrected chi connectivity index (χ3v) is 4.95. The summed E-state index contributed by atoms with van der Waals surface area (Å²) in [5.41, 5.74) is 3.12. The number of rotatable bonds is 4. The number of carbonyl (C=O) groups is 1. The van der Waals surface area contributed by atoms with Crippen LogP contribution in [0.3, 0.4) is 0 Å². The van der Waals surface area contributed by atoms with Crippen molar-refractivity contribution in [2.45, 2.75) is 0 Å². The summed E-state index contributed by atoms with van der Waals surface area (Å²) >= 11 is 0. The lowest BCUT2D eigenvalue weighted by Crippen LogP contribution is -2.48. The number of piperazine rings is 1. The fraction of sp³-hybridized carbons (Fsp3) is 0.227. The van der Waals surface area contributed by atoms with Gasteiger partial charge in [-0.2, -0.15) is 5.26 Å². The zero-order valence-electron chi connectivity index (χ0n) is 15.5. The standard InChI is InChI=1S/C22H21N5O/c23-15-18-14-21(19-8-4-5-9-20(19)24-18)27-12-10-26(11-13-27)16-22(28)25-17-6-2-1-3-7-17/h1-9,14H,10-13,16H2,(H,25,28). The minimum absolute atomic E-state index is 0.000720. The summed E-state index contributed by atoms with van der Waals surface area (Å²) in [4.78, 5) is 21.1. The predicted molar refractivity (Wildman–Crippen MR) is 110 cm³/mol. The molecule has 2 aromatic carbocycles. The van der Waals surface area contributed by atoms with E-state index >= 15 is 0 Å². The summed E-state index contributed by atoms with van der Waals surface area (Å²) in [5, 5.41) is 13.3. The van der Waals surface area contributed by atoms with Crippen LogP contribution in [0.4, 0.5) is 11.4 Å². The normalized spacial score (nSPS) is 14.6. The highest BCUT2D eigenvalue weighted by Gasteiger charge is 2.21. The second-order valence-corrected chi connectivity index (χ2v) is 6.83. The van der Waals surface area contributed by atoms with Crippen LogP contribution in [0, 0.1) is 11.3 Å². The van der Waals surface area contributed by atoms with Gasteiger partial charge in [-0.1, -0.05) is 36.4 Å². The zero-order valence-corrected chi connectivity index (χ0v) is 15.5. The number of amides is 1. The summed E-state index contributed by atoms with van der Waals surface area (Å²) < 4.78 is 0. The highest BCUT2D eigenvalue weighted by atomic mass is 16.2. The lowest BCUT2D eigenvalue weighted by atomic mass is 10.1. The number of nitrogens with zero attached hydrogens (tertiary/aromatic N) is 4. The lowest BCUT2D eigenvalue weighted by molar-refractivity contribution is -0.117. The fourth-order valence-electron chi connectivity index (χ4n) is 3.55. The number of hydrogen-bond donors (Lipinski definition) is 1. The number of pyridine rings is 1. The van der Waals surface area contributed by atoms with E-state index in [1.165, 1.54) is 0 Å². The van der Waals surface area contributed by atoms with Gasteiger partial charge in [-0.05, 0) is 24.3 Å². The van der Waals surface area contributed by atoms with E-state index in [4.69, 9.17) is 0 Å². The highest BCUT2D eigenvalue weighted by molar-refractivity contribution is 5.93. The maximum Gasteiger partial charge on any atom is 0.238 e. The molecule has 3 aromatic rings. The summed E-state index contributed by atoms with van der Waals surface area (Å²) in [5.74, 6) is 0.000720. The molecule has 0 bridgehead atoms. The van der Waals surface area contributed by atoms with Gasteiger partial charge < -0.3 is 10.2 Å². The van der Waals surface area contributed by atoms with Crippen LogP contribution in [0.25, 0.3) is 10.9 Å². The molecule has 0 aliphatic carbocycles. The van der Waals surface area contributed by atoms with E-state index < -0.39 is 0 Å². The number of carbonyl (C=O) groups excluding carboxylic acids is 1. The van der Waals surface area contributed by atoms with Gasteiger partial charge in [0.2, 0.25) is 5.91 Å². The molecule has 4 rings (SSSR count). The average molecular weight is 371 g/mol. The molecule has 6 heteroatoms. The van der Waals surface area contributed by atoms with Crippen molar-refractivity contribution in [3.05, 3.63) is 66.4 Å². The fourth-order valence-corrected chi connectivity index (χ4v) is 3.55. The quantitative estimate of drug-likeness (QED) is 0.763. The summed E-state index contributed by atoms with van der Waals surface area (Å²) in [6.45, 7) is 3.57. The number of hydrogen-bond acceptors (Lipinski definition) is 5. The van der Waals surface area contributed by atoms with Gasteiger partial charge in [-0.15, -0.1) is 0 Å². The third kappa shape index (κ3) is 3.95. The topological polar surface area (TPSA) is 72.3 Å². The molecule has 0 unspecified atom stereocenters. The first-order valence-electron chi connectivity index (χ1n) is 9.35. The molecule has 1 amide bonds. The Morgan fingerprint density at radius 3 is 2.50 bits per heavy atom. The molecule has 1 aliphatic rings. The van der Waals surface area contributed by atoms with E-state index in [1.54, 1.807) is 0 Å². The molecule has 1 N–H and O–H groups in total. The van der Waals surface area contributed by atoms with Gasteiger partial charge in [-0.3, -0.25) is 9.69 Å². The third-order valence-electron chi connectivity index (χ3n) is 4.95. The largest absolute Gasteiger partial charge is 0.368 e. The van der Waals surface area contributed by atoms with Crippen LogP contribution in [0.2, 0.25) is 0 Å². The van der Waals surface area contributed by atoms with Crippen LogP contribution < -0.4 is 10.2 Å². The number of benzene rings is 2. The molecule has 1 aromatic heterocycles.